The highest BCUT2D eigenvalue weighted by atomic mass is 32.2. The molecular formula is C21H21F4NO2S. The van der Waals surface area contributed by atoms with Gasteiger partial charge in [-0.25, -0.2) is 4.79 Å². The molecule has 0 radical (unpaired) electrons. The van der Waals surface area contributed by atoms with Gasteiger partial charge in [0.1, 0.15) is 0 Å². The topological polar surface area (TPSA) is 38.3 Å². The molecule has 0 aliphatic heterocycles. The van der Waals surface area contributed by atoms with E-state index in [9.17, 15) is 4.79 Å². The molecule has 0 fully saturated rings. The van der Waals surface area contributed by atoms with Crippen LogP contribution in [0.1, 0.15) is 41.5 Å². The van der Waals surface area contributed by atoms with Crippen LogP contribution < -0.4 is 5.32 Å². The van der Waals surface area contributed by atoms with Crippen LogP contribution in [0.4, 0.5) is 22.4 Å². The highest BCUT2D eigenvalue weighted by Crippen LogP contribution is 2.57. The maximum atomic E-state index is 15.2. The maximum absolute atomic E-state index is 15.2. The Balaban J connectivity index is 2.28. The van der Waals surface area contributed by atoms with Gasteiger partial charge in [0.2, 0.25) is 0 Å². The molecule has 0 bridgehead atoms. The summed E-state index contributed by atoms with van der Waals surface area (Å²) in [6.07, 6.45) is 0.0354. The first kappa shape index (κ1) is 21.5. The number of carbonyl (C=O) groups excluding carboxylic acids is 1. The number of benzene rings is 2. The van der Waals surface area contributed by atoms with Crippen molar-refractivity contribution in [1.82, 2.24) is 5.32 Å². The Morgan fingerprint density at radius 2 is 1.72 bits per heavy atom. The summed E-state index contributed by atoms with van der Waals surface area (Å²) in [5.74, 6) is -9.02. The van der Waals surface area contributed by atoms with Crippen LogP contribution in [0.25, 0.3) is 0 Å². The van der Waals surface area contributed by atoms with E-state index in [0.29, 0.717) is 10.6 Å². The quantitative estimate of drug-likeness (QED) is 0.479. The molecule has 1 aliphatic carbocycles. The molecular weight excluding hydrogens is 406 g/mol. The van der Waals surface area contributed by atoms with E-state index in [1.165, 1.54) is 43.1 Å². The molecule has 1 unspecified atom stereocenters. The van der Waals surface area contributed by atoms with E-state index >= 15 is 17.6 Å². The van der Waals surface area contributed by atoms with Crippen molar-refractivity contribution in [2.45, 2.75) is 36.0 Å². The minimum Gasteiger partial charge on any atom is -0.453 e. The second kappa shape index (κ2) is 8.26. The first-order chi connectivity index (χ1) is 13.8. The van der Waals surface area contributed by atoms with E-state index in [4.69, 9.17) is 0 Å². The summed E-state index contributed by atoms with van der Waals surface area (Å²) in [5.41, 5.74) is -1.25. The number of halogens is 4. The minimum absolute atomic E-state index is 0.0666. The standard InChI is InChI=1S/C21H21F4NO2S/c1-3-11-29-17-10-6-9-16-18(17)14(12-26-19(27)28-2)13-7-4-5-8-15(13)20(22,23)21(16,24)25/h4-10,14H,3,11-12H2,1-2H3,(H,26,27). The zero-order valence-electron chi connectivity index (χ0n) is 16.0. The summed E-state index contributed by atoms with van der Waals surface area (Å²) in [6.45, 7) is 1.80. The summed E-state index contributed by atoms with van der Waals surface area (Å²) in [6, 6.07) is 9.38. The van der Waals surface area contributed by atoms with Crippen molar-refractivity contribution < 1.29 is 27.1 Å². The van der Waals surface area contributed by atoms with Crippen molar-refractivity contribution in [1.29, 1.82) is 0 Å². The molecule has 29 heavy (non-hydrogen) atoms. The number of amides is 1. The fraction of sp³-hybridized carbons (Fsp3) is 0.381. The van der Waals surface area contributed by atoms with Gasteiger partial charge in [0, 0.05) is 28.5 Å². The minimum atomic E-state index is -4.40. The Bertz CT molecular complexity index is 904. The number of alkyl halides is 4. The van der Waals surface area contributed by atoms with Crippen LogP contribution in [0.3, 0.4) is 0 Å². The van der Waals surface area contributed by atoms with E-state index in [0.717, 1.165) is 18.6 Å². The van der Waals surface area contributed by atoms with Gasteiger partial charge in [0.25, 0.3) is 0 Å². The summed E-state index contributed by atoms with van der Waals surface area (Å²) in [4.78, 5) is 12.1. The van der Waals surface area contributed by atoms with E-state index < -0.39 is 35.0 Å². The van der Waals surface area contributed by atoms with Gasteiger partial charge in [-0.05, 0) is 29.4 Å². The van der Waals surface area contributed by atoms with Crippen LogP contribution in [-0.2, 0) is 16.6 Å². The van der Waals surface area contributed by atoms with Crippen molar-refractivity contribution >= 4 is 17.9 Å². The predicted molar refractivity (Wildman–Crippen MR) is 104 cm³/mol. The molecule has 156 valence electrons. The largest absolute Gasteiger partial charge is 0.453 e. The Hall–Kier alpha value is -2.22. The Morgan fingerprint density at radius 1 is 1.07 bits per heavy atom. The molecule has 0 saturated carbocycles. The molecule has 2 aromatic carbocycles. The van der Waals surface area contributed by atoms with E-state index in [-0.39, 0.29) is 17.7 Å². The molecule has 2 aromatic rings. The third kappa shape index (κ3) is 3.70. The lowest BCUT2D eigenvalue weighted by atomic mass is 9.87. The molecule has 0 heterocycles. The van der Waals surface area contributed by atoms with Gasteiger partial charge >= 0.3 is 17.9 Å². The smallest absolute Gasteiger partial charge is 0.406 e. The van der Waals surface area contributed by atoms with E-state index in [2.05, 4.69) is 10.1 Å². The molecule has 1 atom stereocenters. The number of rotatable bonds is 5. The number of alkyl carbamates (subject to hydrolysis) is 1. The van der Waals surface area contributed by atoms with Gasteiger partial charge in [-0.1, -0.05) is 43.3 Å². The lowest BCUT2D eigenvalue weighted by molar-refractivity contribution is -0.223. The highest BCUT2D eigenvalue weighted by Gasteiger charge is 2.62. The van der Waals surface area contributed by atoms with Crippen LogP contribution in [0.2, 0.25) is 0 Å². The molecule has 0 saturated heterocycles. The molecule has 3 nitrogen and oxygen atoms in total. The number of fused-ring (bicyclic) bond motifs is 2. The predicted octanol–water partition coefficient (Wildman–Crippen LogP) is 5.87. The number of ether oxygens (including phenoxy) is 1. The third-order valence-corrected chi connectivity index (χ3v) is 6.20. The molecule has 3 rings (SSSR count). The number of hydrogen-bond donors (Lipinski definition) is 1. The zero-order chi connectivity index (χ0) is 21.2. The summed E-state index contributed by atoms with van der Waals surface area (Å²) in [5, 5.41) is 2.49. The van der Waals surface area contributed by atoms with Crippen molar-refractivity contribution in [2.75, 3.05) is 19.4 Å². The molecule has 0 spiro atoms. The van der Waals surface area contributed by atoms with Gasteiger partial charge in [0.15, 0.2) is 0 Å². The fourth-order valence-corrected chi connectivity index (χ4v) is 4.57. The van der Waals surface area contributed by atoms with Crippen LogP contribution in [-0.4, -0.2) is 25.5 Å². The second-order valence-corrected chi connectivity index (χ2v) is 7.86. The molecule has 1 amide bonds. The number of methoxy groups -OCH3 is 1. The van der Waals surface area contributed by atoms with Gasteiger partial charge in [0.05, 0.1) is 7.11 Å². The summed E-state index contributed by atoms with van der Waals surface area (Å²) in [7, 11) is 1.18. The van der Waals surface area contributed by atoms with Gasteiger partial charge < -0.3 is 10.1 Å². The van der Waals surface area contributed by atoms with Crippen LogP contribution in [0, 0.1) is 0 Å². The average Bonchev–Trinajstić information content (AvgIpc) is 2.77. The van der Waals surface area contributed by atoms with Crippen molar-refractivity contribution in [3.8, 4) is 0 Å². The second-order valence-electron chi connectivity index (χ2n) is 6.73. The SMILES string of the molecule is CCCSc1cccc2c1C(CNC(=O)OC)c1ccccc1C(F)(F)C2(F)F. The molecule has 1 N–H and O–H groups in total. The van der Waals surface area contributed by atoms with Crippen LogP contribution in [0.5, 0.6) is 0 Å². The third-order valence-electron chi connectivity index (χ3n) is 4.92. The van der Waals surface area contributed by atoms with E-state index in [1.54, 1.807) is 6.07 Å². The van der Waals surface area contributed by atoms with Crippen LogP contribution in [0.15, 0.2) is 47.4 Å². The number of carbonyl (C=O) groups is 1. The number of nitrogens with one attached hydrogen (secondary N) is 1. The molecule has 0 aromatic heterocycles. The maximum Gasteiger partial charge on any atom is 0.406 e. The van der Waals surface area contributed by atoms with Crippen molar-refractivity contribution in [3.05, 3.63) is 64.7 Å². The Morgan fingerprint density at radius 3 is 2.41 bits per heavy atom. The normalized spacial score (nSPS) is 18.9. The number of hydrogen-bond acceptors (Lipinski definition) is 3. The Labute approximate surface area is 170 Å². The average molecular weight is 427 g/mol. The van der Waals surface area contributed by atoms with Gasteiger partial charge in [-0.2, -0.15) is 17.6 Å². The van der Waals surface area contributed by atoms with Crippen LogP contribution >= 0.6 is 11.8 Å². The first-order valence-corrected chi connectivity index (χ1v) is 10.2. The summed E-state index contributed by atoms with van der Waals surface area (Å²) < 4.78 is 65.1. The van der Waals surface area contributed by atoms with Gasteiger partial charge in [-0.15, -0.1) is 11.8 Å². The highest BCUT2D eigenvalue weighted by molar-refractivity contribution is 7.99. The lowest BCUT2D eigenvalue weighted by Gasteiger charge is -2.27. The summed E-state index contributed by atoms with van der Waals surface area (Å²) >= 11 is 1.34. The lowest BCUT2D eigenvalue weighted by Crippen LogP contribution is -2.35. The van der Waals surface area contributed by atoms with Crippen molar-refractivity contribution in [2.24, 2.45) is 0 Å². The first-order valence-electron chi connectivity index (χ1n) is 9.18. The fourth-order valence-electron chi connectivity index (χ4n) is 3.57. The monoisotopic (exact) mass is 427 g/mol. The number of thioether (sulfide) groups is 1. The zero-order valence-corrected chi connectivity index (χ0v) is 16.8. The molecule has 8 heteroatoms. The van der Waals surface area contributed by atoms with E-state index in [1.807, 2.05) is 6.92 Å². The van der Waals surface area contributed by atoms with Crippen molar-refractivity contribution in [3.63, 3.8) is 0 Å². The Kier molecular flexibility index (Phi) is 6.12. The van der Waals surface area contributed by atoms with Gasteiger partial charge in [-0.3, -0.25) is 0 Å². The molecule has 1 aliphatic rings.